The van der Waals surface area contributed by atoms with Gasteiger partial charge in [-0.1, -0.05) is 11.1 Å². The molecule has 0 saturated heterocycles. The number of hydrogen-bond acceptors (Lipinski definition) is 4. The van der Waals surface area contributed by atoms with Crippen molar-refractivity contribution in [2.45, 2.75) is 12.8 Å². The highest BCUT2D eigenvalue weighted by Gasteiger charge is 2.01. The van der Waals surface area contributed by atoms with Crippen molar-refractivity contribution in [3.63, 3.8) is 0 Å². The topological polar surface area (TPSA) is 58.4 Å². The van der Waals surface area contributed by atoms with Crippen LogP contribution in [0.5, 0.6) is 0 Å². The van der Waals surface area contributed by atoms with Crippen molar-refractivity contribution in [3.8, 4) is 11.8 Å². The van der Waals surface area contributed by atoms with Crippen molar-refractivity contribution in [2.24, 2.45) is 5.16 Å². The molecule has 0 spiro atoms. The third-order valence-corrected chi connectivity index (χ3v) is 2.56. The monoisotopic (exact) mass is 269 g/mol. The molecule has 0 saturated carbocycles. The molecule has 2 heterocycles. The third kappa shape index (κ3) is 3.89. The van der Waals surface area contributed by atoms with Crippen LogP contribution in [0.25, 0.3) is 0 Å². The SMILES string of the molecule is O/N=C/c1nc(C#CCCc2ccncc2)ccc1F. The fourth-order valence-electron chi connectivity index (χ4n) is 1.58. The minimum absolute atomic E-state index is 0.0339. The van der Waals surface area contributed by atoms with Crippen LogP contribution in [0.1, 0.15) is 23.4 Å². The second kappa shape index (κ2) is 7.00. The van der Waals surface area contributed by atoms with E-state index in [9.17, 15) is 4.39 Å². The number of halogens is 1. The maximum atomic E-state index is 13.2. The molecule has 0 bridgehead atoms. The van der Waals surface area contributed by atoms with E-state index in [0.717, 1.165) is 18.2 Å². The van der Waals surface area contributed by atoms with Gasteiger partial charge in [0.2, 0.25) is 0 Å². The first-order valence-electron chi connectivity index (χ1n) is 6.01. The van der Waals surface area contributed by atoms with E-state index in [1.165, 1.54) is 12.1 Å². The fraction of sp³-hybridized carbons (Fsp3) is 0.133. The second-order valence-electron chi connectivity index (χ2n) is 3.97. The predicted molar refractivity (Wildman–Crippen MR) is 73.0 cm³/mol. The van der Waals surface area contributed by atoms with Crippen LogP contribution >= 0.6 is 0 Å². The molecule has 0 fully saturated rings. The minimum Gasteiger partial charge on any atom is -0.411 e. The molecule has 0 unspecified atom stereocenters. The Kier molecular flexibility index (Phi) is 4.79. The number of pyridine rings is 2. The van der Waals surface area contributed by atoms with Crippen LogP contribution in [0.4, 0.5) is 4.39 Å². The lowest BCUT2D eigenvalue weighted by Crippen LogP contribution is -1.96. The molecule has 0 radical (unpaired) electrons. The zero-order valence-electron chi connectivity index (χ0n) is 10.6. The summed E-state index contributed by atoms with van der Waals surface area (Å²) in [5.74, 6) is 5.28. The lowest BCUT2D eigenvalue weighted by Gasteiger charge is -1.96. The average molecular weight is 269 g/mol. The Bertz CT molecular complexity index is 660. The van der Waals surface area contributed by atoms with Crippen LogP contribution in [0, 0.1) is 17.7 Å². The highest BCUT2D eigenvalue weighted by Crippen LogP contribution is 2.04. The van der Waals surface area contributed by atoms with E-state index in [0.29, 0.717) is 12.1 Å². The number of aryl methyl sites for hydroxylation is 1. The molecule has 0 atom stereocenters. The van der Waals surface area contributed by atoms with Gasteiger partial charge in [0.05, 0.1) is 6.21 Å². The molecule has 0 aliphatic carbocycles. The Morgan fingerprint density at radius 3 is 2.80 bits per heavy atom. The molecule has 4 nitrogen and oxygen atoms in total. The van der Waals surface area contributed by atoms with Gasteiger partial charge in [-0.25, -0.2) is 9.37 Å². The maximum Gasteiger partial charge on any atom is 0.150 e. The van der Waals surface area contributed by atoms with Gasteiger partial charge in [0.1, 0.15) is 11.4 Å². The summed E-state index contributed by atoms with van der Waals surface area (Å²) in [5.41, 5.74) is 1.57. The zero-order chi connectivity index (χ0) is 14.2. The number of nitrogens with zero attached hydrogens (tertiary/aromatic N) is 3. The van der Waals surface area contributed by atoms with E-state index in [1.54, 1.807) is 12.4 Å². The Hall–Kier alpha value is -2.74. The summed E-state index contributed by atoms with van der Waals surface area (Å²) >= 11 is 0. The highest BCUT2D eigenvalue weighted by molar-refractivity contribution is 5.76. The fourth-order valence-corrected chi connectivity index (χ4v) is 1.58. The van der Waals surface area contributed by atoms with Gasteiger partial charge in [0.25, 0.3) is 0 Å². The van der Waals surface area contributed by atoms with Crippen LogP contribution in [0.2, 0.25) is 0 Å². The third-order valence-electron chi connectivity index (χ3n) is 2.56. The molecule has 2 rings (SSSR count). The normalized spacial score (nSPS) is 10.2. The molecule has 1 N–H and O–H groups in total. The van der Waals surface area contributed by atoms with E-state index in [-0.39, 0.29) is 5.69 Å². The first-order chi connectivity index (χ1) is 9.79. The van der Waals surface area contributed by atoms with Crippen LogP contribution in [-0.2, 0) is 6.42 Å². The van der Waals surface area contributed by atoms with E-state index >= 15 is 0 Å². The Morgan fingerprint density at radius 1 is 1.25 bits per heavy atom. The van der Waals surface area contributed by atoms with Crippen molar-refractivity contribution in [2.75, 3.05) is 0 Å². The number of oxime groups is 1. The average Bonchev–Trinajstić information content (AvgIpc) is 2.48. The smallest absolute Gasteiger partial charge is 0.150 e. The van der Waals surface area contributed by atoms with Gasteiger partial charge in [-0.15, -0.1) is 0 Å². The summed E-state index contributed by atoms with van der Waals surface area (Å²) in [5, 5.41) is 11.2. The van der Waals surface area contributed by atoms with Crippen molar-refractivity contribution in [1.29, 1.82) is 0 Å². The lowest BCUT2D eigenvalue weighted by atomic mass is 10.1. The minimum atomic E-state index is -0.551. The molecule has 2 aromatic rings. The Morgan fingerprint density at radius 2 is 2.05 bits per heavy atom. The van der Waals surface area contributed by atoms with Crippen molar-refractivity contribution in [3.05, 3.63) is 59.4 Å². The van der Waals surface area contributed by atoms with Gasteiger partial charge >= 0.3 is 0 Å². The van der Waals surface area contributed by atoms with Crippen LogP contribution in [-0.4, -0.2) is 21.4 Å². The molecule has 20 heavy (non-hydrogen) atoms. The standard InChI is InChI=1S/C15H12FN3O/c16-14-6-5-13(19-15(14)11-18-20)4-2-1-3-12-7-9-17-10-8-12/h5-11,20H,1,3H2/b18-11+. The molecular weight excluding hydrogens is 257 g/mol. The van der Waals surface area contributed by atoms with Crippen molar-refractivity contribution in [1.82, 2.24) is 9.97 Å². The molecular formula is C15H12FN3O. The van der Waals surface area contributed by atoms with E-state index in [4.69, 9.17) is 5.21 Å². The Labute approximate surface area is 116 Å². The summed E-state index contributed by atoms with van der Waals surface area (Å²) < 4.78 is 13.2. The summed E-state index contributed by atoms with van der Waals surface area (Å²) in [7, 11) is 0. The molecule has 0 aliphatic heterocycles. The van der Waals surface area contributed by atoms with Gasteiger partial charge in [0, 0.05) is 18.8 Å². The lowest BCUT2D eigenvalue weighted by molar-refractivity contribution is 0.321. The number of aromatic nitrogens is 2. The van der Waals surface area contributed by atoms with Gasteiger partial charge in [-0.3, -0.25) is 4.98 Å². The van der Waals surface area contributed by atoms with Gasteiger partial charge in [-0.05, 0) is 42.2 Å². The number of rotatable bonds is 3. The first-order valence-corrected chi connectivity index (χ1v) is 6.01. The molecule has 0 aromatic carbocycles. The van der Waals surface area contributed by atoms with E-state index in [2.05, 4.69) is 27.0 Å². The predicted octanol–water partition coefficient (Wildman–Crippen LogP) is 2.41. The van der Waals surface area contributed by atoms with Gasteiger partial charge in [0.15, 0.2) is 5.82 Å². The first kappa shape index (κ1) is 13.7. The summed E-state index contributed by atoms with van der Waals surface area (Å²) in [4.78, 5) is 7.88. The second-order valence-corrected chi connectivity index (χ2v) is 3.97. The van der Waals surface area contributed by atoms with Gasteiger partial charge < -0.3 is 5.21 Å². The molecule has 100 valence electrons. The van der Waals surface area contributed by atoms with Crippen molar-refractivity contribution < 1.29 is 9.60 Å². The summed E-state index contributed by atoms with van der Waals surface area (Å²) in [6.45, 7) is 0. The largest absolute Gasteiger partial charge is 0.411 e. The molecule has 5 heteroatoms. The van der Waals surface area contributed by atoms with Gasteiger partial charge in [-0.2, -0.15) is 0 Å². The van der Waals surface area contributed by atoms with Crippen LogP contribution < -0.4 is 0 Å². The van der Waals surface area contributed by atoms with E-state index < -0.39 is 5.82 Å². The molecule has 2 aromatic heterocycles. The molecule has 0 amide bonds. The summed E-state index contributed by atoms with van der Waals surface area (Å²) in [6, 6.07) is 6.61. The highest BCUT2D eigenvalue weighted by atomic mass is 19.1. The van der Waals surface area contributed by atoms with Crippen molar-refractivity contribution >= 4 is 6.21 Å². The van der Waals surface area contributed by atoms with Crippen LogP contribution in [0.3, 0.4) is 0 Å². The molecule has 0 aliphatic rings. The number of hydrogen-bond donors (Lipinski definition) is 1. The summed E-state index contributed by atoms with van der Waals surface area (Å²) in [6.07, 6.45) is 5.92. The van der Waals surface area contributed by atoms with E-state index in [1.807, 2.05) is 12.1 Å². The maximum absolute atomic E-state index is 13.2. The Balaban J connectivity index is 2.00. The quantitative estimate of drug-likeness (QED) is 0.403. The van der Waals surface area contributed by atoms with Crippen LogP contribution in [0.15, 0.2) is 41.8 Å². The zero-order valence-corrected chi connectivity index (χ0v) is 10.6.